The van der Waals surface area contributed by atoms with Crippen LogP contribution in [0.5, 0.6) is 11.5 Å². The molecule has 160 valence electrons. The normalized spacial score (nSPS) is 11.7. The SMILES string of the molecule is COc1cc(-c2cc(C(=O)N/N=C\C(C)=C\c3ccccc3)[nH]n2)ccc1OC(C)C. The van der Waals surface area contributed by atoms with E-state index in [2.05, 4.69) is 20.7 Å². The van der Waals surface area contributed by atoms with Crippen molar-refractivity contribution in [3.8, 4) is 22.8 Å². The number of amides is 1. The van der Waals surface area contributed by atoms with Crippen LogP contribution in [0.3, 0.4) is 0 Å². The first-order valence-corrected chi connectivity index (χ1v) is 9.93. The molecule has 7 heteroatoms. The summed E-state index contributed by atoms with van der Waals surface area (Å²) in [5, 5.41) is 11.0. The van der Waals surface area contributed by atoms with Gasteiger partial charge in [-0.05, 0) is 56.2 Å². The van der Waals surface area contributed by atoms with Crippen LogP contribution in [-0.2, 0) is 0 Å². The van der Waals surface area contributed by atoms with Crippen molar-refractivity contribution in [1.29, 1.82) is 0 Å². The first-order chi connectivity index (χ1) is 15.0. The Kier molecular flexibility index (Phi) is 7.22. The molecule has 0 fully saturated rings. The lowest BCUT2D eigenvalue weighted by Crippen LogP contribution is -2.17. The molecule has 0 saturated heterocycles. The number of nitrogens with zero attached hydrogens (tertiary/aromatic N) is 2. The van der Waals surface area contributed by atoms with Crippen LogP contribution in [0.4, 0.5) is 0 Å². The van der Waals surface area contributed by atoms with Crippen molar-refractivity contribution < 1.29 is 14.3 Å². The first-order valence-electron chi connectivity index (χ1n) is 9.93. The summed E-state index contributed by atoms with van der Waals surface area (Å²) >= 11 is 0. The van der Waals surface area contributed by atoms with E-state index in [9.17, 15) is 4.79 Å². The van der Waals surface area contributed by atoms with Gasteiger partial charge in [0.05, 0.1) is 25.1 Å². The zero-order chi connectivity index (χ0) is 22.2. The van der Waals surface area contributed by atoms with Crippen molar-refractivity contribution in [3.05, 3.63) is 71.4 Å². The van der Waals surface area contributed by atoms with Gasteiger partial charge in [-0.3, -0.25) is 9.89 Å². The molecule has 7 nitrogen and oxygen atoms in total. The number of methoxy groups -OCH3 is 1. The second-order valence-electron chi connectivity index (χ2n) is 7.20. The first kappa shape index (κ1) is 21.8. The molecule has 3 aromatic rings. The quantitative estimate of drug-likeness (QED) is 0.410. The van der Waals surface area contributed by atoms with Crippen molar-refractivity contribution in [2.45, 2.75) is 26.9 Å². The number of hydrogen-bond donors (Lipinski definition) is 2. The van der Waals surface area contributed by atoms with Gasteiger partial charge in [-0.15, -0.1) is 0 Å². The molecule has 0 saturated carbocycles. The molecule has 0 aliphatic carbocycles. The number of aromatic amines is 1. The number of benzene rings is 2. The number of nitrogens with one attached hydrogen (secondary N) is 2. The summed E-state index contributed by atoms with van der Waals surface area (Å²) < 4.78 is 11.1. The van der Waals surface area contributed by atoms with Crippen molar-refractivity contribution in [1.82, 2.24) is 15.6 Å². The fourth-order valence-corrected chi connectivity index (χ4v) is 2.87. The predicted molar refractivity (Wildman–Crippen MR) is 122 cm³/mol. The van der Waals surface area contributed by atoms with E-state index in [1.807, 2.05) is 75.4 Å². The number of ether oxygens (including phenoxy) is 2. The van der Waals surface area contributed by atoms with Gasteiger partial charge < -0.3 is 9.47 Å². The molecule has 1 aromatic heterocycles. The third kappa shape index (κ3) is 6.05. The molecule has 0 spiro atoms. The molecule has 31 heavy (non-hydrogen) atoms. The average Bonchev–Trinajstić information content (AvgIpc) is 3.24. The Labute approximate surface area is 181 Å². The summed E-state index contributed by atoms with van der Waals surface area (Å²) in [5.74, 6) is 0.878. The second-order valence-corrected chi connectivity index (χ2v) is 7.20. The molecule has 0 aliphatic rings. The van der Waals surface area contributed by atoms with E-state index in [4.69, 9.17) is 9.47 Å². The van der Waals surface area contributed by atoms with Crippen LogP contribution < -0.4 is 14.9 Å². The van der Waals surface area contributed by atoms with Gasteiger partial charge >= 0.3 is 0 Å². The Hall–Kier alpha value is -3.87. The maximum atomic E-state index is 12.4. The molecule has 0 atom stereocenters. The molecule has 0 radical (unpaired) electrons. The van der Waals surface area contributed by atoms with Gasteiger partial charge in [0, 0.05) is 5.56 Å². The molecule has 0 bridgehead atoms. The Morgan fingerprint density at radius 2 is 1.90 bits per heavy atom. The van der Waals surface area contributed by atoms with Gasteiger partial charge in [-0.25, -0.2) is 5.43 Å². The third-order valence-electron chi connectivity index (χ3n) is 4.27. The lowest BCUT2D eigenvalue weighted by atomic mass is 10.1. The van der Waals surface area contributed by atoms with Gasteiger partial charge in [0.25, 0.3) is 5.91 Å². The third-order valence-corrected chi connectivity index (χ3v) is 4.27. The zero-order valence-corrected chi connectivity index (χ0v) is 18.0. The molecule has 2 aromatic carbocycles. The van der Waals surface area contributed by atoms with Crippen LogP contribution in [0.15, 0.2) is 65.3 Å². The summed E-state index contributed by atoms with van der Waals surface area (Å²) in [6.07, 6.45) is 3.61. The minimum atomic E-state index is -0.380. The molecule has 0 aliphatic heterocycles. The van der Waals surface area contributed by atoms with E-state index in [0.29, 0.717) is 22.9 Å². The number of allylic oxidation sites excluding steroid dienone is 1. The Morgan fingerprint density at radius 1 is 1.13 bits per heavy atom. The average molecular weight is 418 g/mol. The molecule has 1 amide bonds. The standard InChI is InChI=1S/C24H26N4O3/c1-16(2)31-22-11-10-19(13-23(22)30-4)20-14-21(27-26-20)24(29)28-25-15-17(3)12-18-8-6-5-7-9-18/h5-16H,1-4H3,(H,26,27)(H,28,29)/b17-12+,25-15-. The largest absolute Gasteiger partial charge is 0.493 e. The van der Waals surface area contributed by atoms with Gasteiger partial charge in [0.2, 0.25) is 0 Å². The maximum absolute atomic E-state index is 12.4. The second kappa shape index (κ2) is 10.2. The highest BCUT2D eigenvalue weighted by Gasteiger charge is 2.13. The minimum absolute atomic E-state index is 0.0344. The lowest BCUT2D eigenvalue weighted by Gasteiger charge is -2.14. The monoisotopic (exact) mass is 418 g/mol. The van der Waals surface area contributed by atoms with Crippen LogP contribution in [0.25, 0.3) is 17.3 Å². The highest BCUT2D eigenvalue weighted by molar-refractivity contribution is 5.94. The van der Waals surface area contributed by atoms with Crippen LogP contribution in [0.1, 0.15) is 36.8 Å². The van der Waals surface area contributed by atoms with E-state index < -0.39 is 0 Å². The van der Waals surface area contributed by atoms with Crippen LogP contribution in [0, 0.1) is 0 Å². The molecule has 0 unspecified atom stereocenters. The summed E-state index contributed by atoms with van der Waals surface area (Å²) in [6.45, 7) is 5.82. The highest BCUT2D eigenvalue weighted by Crippen LogP contribution is 2.32. The van der Waals surface area contributed by atoms with Gasteiger partial charge in [0.1, 0.15) is 5.69 Å². The Morgan fingerprint density at radius 3 is 2.61 bits per heavy atom. The molecular formula is C24H26N4O3. The fourth-order valence-electron chi connectivity index (χ4n) is 2.87. The number of hydrogen-bond acceptors (Lipinski definition) is 5. The Balaban J connectivity index is 1.66. The fraction of sp³-hybridized carbons (Fsp3) is 0.208. The molecule has 2 N–H and O–H groups in total. The van der Waals surface area contributed by atoms with Crippen LogP contribution in [0.2, 0.25) is 0 Å². The number of hydrazone groups is 1. The Bertz CT molecular complexity index is 1090. The maximum Gasteiger partial charge on any atom is 0.289 e. The summed E-state index contributed by atoms with van der Waals surface area (Å²) in [4.78, 5) is 12.4. The predicted octanol–water partition coefficient (Wildman–Crippen LogP) is 4.69. The van der Waals surface area contributed by atoms with Crippen LogP contribution >= 0.6 is 0 Å². The van der Waals surface area contributed by atoms with E-state index in [0.717, 1.165) is 16.7 Å². The van der Waals surface area contributed by atoms with Gasteiger partial charge in [0.15, 0.2) is 11.5 Å². The van der Waals surface area contributed by atoms with Gasteiger partial charge in [-0.2, -0.15) is 10.2 Å². The summed E-state index contributed by atoms with van der Waals surface area (Å²) in [6, 6.07) is 17.1. The number of carbonyl (C=O) groups is 1. The van der Waals surface area contributed by atoms with Crippen molar-refractivity contribution >= 4 is 18.2 Å². The summed E-state index contributed by atoms with van der Waals surface area (Å²) in [7, 11) is 1.59. The number of aromatic nitrogens is 2. The molecule has 1 heterocycles. The molecule has 3 rings (SSSR count). The van der Waals surface area contributed by atoms with Crippen molar-refractivity contribution in [3.63, 3.8) is 0 Å². The van der Waals surface area contributed by atoms with Crippen molar-refractivity contribution in [2.24, 2.45) is 5.10 Å². The van der Waals surface area contributed by atoms with Crippen LogP contribution in [-0.4, -0.2) is 35.5 Å². The summed E-state index contributed by atoms with van der Waals surface area (Å²) in [5.41, 5.74) is 6.20. The minimum Gasteiger partial charge on any atom is -0.493 e. The smallest absolute Gasteiger partial charge is 0.289 e. The lowest BCUT2D eigenvalue weighted by molar-refractivity contribution is 0.0950. The number of H-pyrrole nitrogens is 1. The molecular weight excluding hydrogens is 392 g/mol. The van der Waals surface area contributed by atoms with Crippen molar-refractivity contribution in [2.75, 3.05) is 7.11 Å². The van der Waals surface area contributed by atoms with E-state index in [1.54, 1.807) is 19.4 Å². The topological polar surface area (TPSA) is 88.6 Å². The number of carbonyl (C=O) groups excluding carboxylic acids is 1. The zero-order valence-electron chi connectivity index (χ0n) is 18.0. The highest BCUT2D eigenvalue weighted by atomic mass is 16.5. The van der Waals surface area contributed by atoms with E-state index >= 15 is 0 Å². The van der Waals surface area contributed by atoms with E-state index in [-0.39, 0.29) is 12.0 Å². The van der Waals surface area contributed by atoms with E-state index in [1.165, 1.54) is 0 Å². The van der Waals surface area contributed by atoms with Gasteiger partial charge in [-0.1, -0.05) is 36.4 Å². The number of rotatable bonds is 8.